The van der Waals surface area contributed by atoms with Crippen LogP contribution in [0.1, 0.15) is 6.92 Å². The highest BCUT2D eigenvalue weighted by atomic mass is 32.2. The van der Waals surface area contributed by atoms with Gasteiger partial charge in [-0.2, -0.15) is 0 Å². The Morgan fingerprint density at radius 2 is 2.18 bits per heavy atom. The summed E-state index contributed by atoms with van der Waals surface area (Å²) in [5.41, 5.74) is 0. The predicted molar refractivity (Wildman–Crippen MR) is 37.5 cm³/mol. The fourth-order valence-electron chi connectivity index (χ4n) is 1.03. The van der Waals surface area contributed by atoms with Gasteiger partial charge in [-0.3, -0.25) is 0 Å². The maximum atomic E-state index is 10.9. The average molecular weight is 179 g/mol. The van der Waals surface area contributed by atoms with Crippen molar-refractivity contribution >= 4 is 16.1 Å². The van der Waals surface area contributed by atoms with Crippen LogP contribution in [-0.2, 0) is 14.8 Å². The van der Waals surface area contributed by atoms with Crippen molar-refractivity contribution in [3.63, 3.8) is 0 Å². The van der Waals surface area contributed by atoms with E-state index < -0.39 is 16.1 Å². The molecule has 1 atom stereocenters. The summed E-state index contributed by atoms with van der Waals surface area (Å²) < 4.78 is 26.7. The van der Waals surface area contributed by atoms with E-state index in [0.29, 0.717) is 0 Å². The van der Waals surface area contributed by atoms with E-state index in [-0.39, 0.29) is 11.8 Å². The van der Waals surface area contributed by atoms with E-state index in [2.05, 4.69) is 4.74 Å². The smallest absolute Gasteiger partial charge is 0.423 e. The Bertz CT molecular complexity index is 270. The number of carbonyl (C=O) groups excluding carboxylic acids is 1. The van der Waals surface area contributed by atoms with Crippen LogP contribution in [0.25, 0.3) is 0 Å². The van der Waals surface area contributed by atoms with Gasteiger partial charge in [0.05, 0.1) is 18.9 Å². The Morgan fingerprint density at radius 3 is 2.36 bits per heavy atom. The molecular weight excluding hydrogens is 170 g/mol. The normalized spacial score (nSPS) is 27.5. The first-order chi connectivity index (χ1) is 4.99. The van der Waals surface area contributed by atoms with Crippen LogP contribution in [0, 0.1) is 0 Å². The van der Waals surface area contributed by atoms with Gasteiger partial charge in [0, 0.05) is 0 Å². The molecule has 0 radical (unpaired) electrons. The van der Waals surface area contributed by atoms with Crippen molar-refractivity contribution in [2.75, 3.05) is 12.9 Å². The second kappa shape index (κ2) is 2.37. The highest BCUT2D eigenvalue weighted by Gasteiger charge is 2.44. The van der Waals surface area contributed by atoms with Gasteiger partial charge in [-0.15, -0.1) is 0 Å². The average Bonchev–Trinajstić information content (AvgIpc) is 1.85. The minimum Gasteiger partial charge on any atom is -0.452 e. The van der Waals surface area contributed by atoms with Gasteiger partial charge in [-0.1, -0.05) is 0 Å². The summed E-state index contributed by atoms with van der Waals surface area (Å²) in [6.07, 6.45) is -0.802. The van der Waals surface area contributed by atoms with Gasteiger partial charge in [-0.25, -0.2) is 17.5 Å². The number of amides is 1. The molecule has 11 heavy (non-hydrogen) atoms. The van der Waals surface area contributed by atoms with Crippen molar-refractivity contribution in [2.45, 2.75) is 13.0 Å². The maximum Gasteiger partial charge on any atom is 0.423 e. The number of rotatable bonds is 0. The minimum atomic E-state index is -3.32. The van der Waals surface area contributed by atoms with E-state index >= 15 is 0 Å². The number of sulfonamides is 1. The van der Waals surface area contributed by atoms with E-state index in [9.17, 15) is 13.2 Å². The van der Waals surface area contributed by atoms with Crippen LogP contribution in [0.5, 0.6) is 0 Å². The lowest BCUT2D eigenvalue weighted by atomic mass is 10.4. The molecule has 1 heterocycles. The zero-order chi connectivity index (χ0) is 8.65. The summed E-state index contributed by atoms with van der Waals surface area (Å²) in [7, 11) is -2.17. The van der Waals surface area contributed by atoms with Gasteiger partial charge in [0.15, 0.2) is 0 Å². The summed E-state index contributed by atoms with van der Waals surface area (Å²) in [5, 5.41) is 0. The molecular formula is C5H9NO4S. The fraction of sp³-hybridized carbons (Fsp3) is 0.800. The van der Waals surface area contributed by atoms with E-state index in [1.165, 1.54) is 0 Å². The largest absolute Gasteiger partial charge is 0.452 e. The molecule has 1 aliphatic rings. The van der Waals surface area contributed by atoms with Crippen molar-refractivity contribution in [3.05, 3.63) is 0 Å². The summed E-state index contributed by atoms with van der Waals surface area (Å²) >= 11 is 0. The van der Waals surface area contributed by atoms with Crippen LogP contribution >= 0.6 is 0 Å². The van der Waals surface area contributed by atoms with Crippen molar-refractivity contribution in [3.8, 4) is 0 Å². The lowest BCUT2D eigenvalue weighted by molar-refractivity contribution is 0.135. The molecule has 0 spiro atoms. The van der Waals surface area contributed by atoms with Crippen LogP contribution in [0.4, 0.5) is 4.79 Å². The van der Waals surface area contributed by atoms with Crippen LogP contribution in [-0.4, -0.2) is 37.7 Å². The van der Waals surface area contributed by atoms with Gasteiger partial charge in [-0.05, 0) is 6.92 Å². The molecule has 0 aromatic rings. The molecule has 1 fully saturated rings. The Hall–Kier alpha value is -0.780. The SMILES string of the molecule is COC(=O)N1[C@@H](C)CS1(=O)=O. The van der Waals surface area contributed by atoms with Crippen molar-refractivity contribution in [2.24, 2.45) is 0 Å². The summed E-state index contributed by atoms with van der Waals surface area (Å²) in [4.78, 5) is 10.7. The molecule has 1 rings (SSSR count). The van der Waals surface area contributed by atoms with Crippen LogP contribution in [0.2, 0.25) is 0 Å². The molecule has 64 valence electrons. The molecule has 6 heteroatoms. The molecule has 0 N–H and O–H groups in total. The minimum absolute atomic E-state index is 0.0299. The Balaban J connectivity index is 2.80. The number of hydrogen-bond donors (Lipinski definition) is 0. The third kappa shape index (κ3) is 1.18. The van der Waals surface area contributed by atoms with E-state index in [1.807, 2.05) is 0 Å². The molecule has 0 aromatic carbocycles. The molecule has 1 amide bonds. The molecule has 1 aliphatic heterocycles. The number of nitrogens with zero attached hydrogens (tertiary/aromatic N) is 1. The first kappa shape index (κ1) is 8.32. The van der Waals surface area contributed by atoms with E-state index in [4.69, 9.17) is 0 Å². The number of carbonyl (C=O) groups is 1. The fourth-order valence-corrected chi connectivity index (χ4v) is 2.61. The molecule has 0 aliphatic carbocycles. The topological polar surface area (TPSA) is 63.7 Å². The standard InChI is InChI=1S/C5H9NO4S/c1-4-3-11(8,9)6(4)5(7)10-2/h4H,3H2,1-2H3/t4-/m0/s1. The molecule has 0 aromatic heterocycles. The Morgan fingerprint density at radius 1 is 1.64 bits per heavy atom. The van der Waals surface area contributed by atoms with Crippen molar-refractivity contribution in [1.29, 1.82) is 0 Å². The molecule has 5 nitrogen and oxygen atoms in total. The highest BCUT2D eigenvalue weighted by Crippen LogP contribution is 2.21. The van der Waals surface area contributed by atoms with Gasteiger partial charge in [0.25, 0.3) is 0 Å². The van der Waals surface area contributed by atoms with E-state index in [0.717, 1.165) is 11.4 Å². The lowest BCUT2D eigenvalue weighted by Gasteiger charge is -2.35. The predicted octanol–water partition coefficient (Wildman–Crippen LogP) is -0.213. The first-order valence-corrected chi connectivity index (χ1v) is 4.70. The Labute approximate surface area is 65.0 Å². The van der Waals surface area contributed by atoms with E-state index in [1.54, 1.807) is 6.92 Å². The molecule has 0 bridgehead atoms. The van der Waals surface area contributed by atoms with Gasteiger partial charge in [0.1, 0.15) is 0 Å². The van der Waals surface area contributed by atoms with Gasteiger partial charge in [0.2, 0.25) is 10.0 Å². The zero-order valence-corrected chi connectivity index (χ0v) is 7.09. The Kier molecular flexibility index (Phi) is 1.79. The molecule has 0 unspecified atom stereocenters. The maximum absolute atomic E-state index is 10.9. The number of ether oxygens (including phenoxy) is 1. The third-order valence-electron chi connectivity index (χ3n) is 1.51. The molecule has 1 saturated heterocycles. The monoisotopic (exact) mass is 179 g/mol. The zero-order valence-electron chi connectivity index (χ0n) is 6.27. The van der Waals surface area contributed by atoms with Crippen LogP contribution in [0.15, 0.2) is 0 Å². The number of methoxy groups -OCH3 is 1. The second-order valence-corrected chi connectivity index (χ2v) is 4.28. The lowest BCUT2D eigenvalue weighted by Crippen LogP contribution is -2.57. The van der Waals surface area contributed by atoms with Gasteiger partial charge < -0.3 is 4.74 Å². The van der Waals surface area contributed by atoms with Gasteiger partial charge >= 0.3 is 6.09 Å². The summed E-state index contributed by atoms with van der Waals surface area (Å²) in [6.45, 7) is 1.65. The van der Waals surface area contributed by atoms with Crippen LogP contribution < -0.4 is 0 Å². The highest BCUT2D eigenvalue weighted by molar-refractivity contribution is 7.91. The van der Waals surface area contributed by atoms with Crippen molar-refractivity contribution in [1.82, 2.24) is 4.31 Å². The first-order valence-electron chi connectivity index (χ1n) is 3.09. The van der Waals surface area contributed by atoms with Crippen molar-refractivity contribution < 1.29 is 17.9 Å². The quantitative estimate of drug-likeness (QED) is 0.516. The third-order valence-corrected chi connectivity index (χ3v) is 3.52. The summed E-state index contributed by atoms with van der Waals surface area (Å²) in [5.74, 6) is 0.0299. The number of hydrogen-bond acceptors (Lipinski definition) is 4. The molecule has 0 saturated carbocycles. The summed E-state index contributed by atoms with van der Waals surface area (Å²) in [6, 6.07) is -0.257. The second-order valence-electron chi connectivity index (χ2n) is 2.39. The van der Waals surface area contributed by atoms with Crippen LogP contribution in [0.3, 0.4) is 0 Å².